The summed E-state index contributed by atoms with van der Waals surface area (Å²) in [6.45, 7) is 8.08. The Morgan fingerprint density at radius 1 is 1.25 bits per heavy atom. The topological polar surface area (TPSA) is 47.6 Å². The van der Waals surface area contributed by atoms with Gasteiger partial charge in [0.05, 0.1) is 11.2 Å². The largest absolute Gasteiger partial charge is 0.494 e. The fraction of sp³-hybridized carbons (Fsp3) is 0.611. The van der Waals surface area contributed by atoms with Crippen molar-refractivity contribution in [3.8, 4) is 0 Å². The van der Waals surface area contributed by atoms with Crippen molar-refractivity contribution in [2.24, 2.45) is 5.92 Å². The van der Waals surface area contributed by atoms with E-state index in [0.29, 0.717) is 11.0 Å². The Bertz CT molecular complexity index is 627. The lowest BCUT2D eigenvalue weighted by atomic mass is 9.78. The van der Waals surface area contributed by atoms with Gasteiger partial charge in [0.1, 0.15) is 5.82 Å². The van der Waals surface area contributed by atoms with Crippen LogP contribution >= 0.6 is 0 Å². The summed E-state index contributed by atoms with van der Waals surface area (Å²) >= 11 is 0. The maximum absolute atomic E-state index is 14.4. The quantitative estimate of drug-likeness (QED) is 0.862. The van der Waals surface area contributed by atoms with E-state index in [0.717, 1.165) is 19.3 Å². The zero-order chi connectivity index (χ0) is 17.5. The van der Waals surface area contributed by atoms with Gasteiger partial charge in [0.15, 0.2) is 0 Å². The van der Waals surface area contributed by atoms with Crippen molar-refractivity contribution in [1.29, 1.82) is 0 Å². The first-order valence-corrected chi connectivity index (χ1v) is 8.61. The van der Waals surface area contributed by atoms with Crippen LogP contribution < -0.4 is 10.8 Å². The van der Waals surface area contributed by atoms with Crippen LogP contribution in [0, 0.1) is 11.7 Å². The molecule has 1 saturated heterocycles. The van der Waals surface area contributed by atoms with Crippen molar-refractivity contribution in [2.75, 3.05) is 0 Å². The average Bonchev–Trinajstić information content (AvgIpc) is 2.64. The lowest BCUT2D eigenvalue weighted by molar-refractivity contribution is -0.127. The van der Waals surface area contributed by atoms with Crippen LogP contribution in [0.5, 0.6) is 0 Å². The van der Waals surface area contributed by atoms with Crippen LogP contribution in [0.1, 0.15) is 52.5 Å². The van der Waals surface area contributed by atoms with Gasteiger partial charge in [-0.2, -0.15) is 0 Å². The van der Waals surface area contributed by atoms with Crippen molar-refractivity contribution < 1.29 is 18.5 Å². The standard InChI is InChI=1S/C18H25BFNO3/c1-17(2)18(3,4)24-19(23-17)14-9-8-13(15(20)10-14)11-21-16(22)12-6-5-7-12/h8-10,12H,5-7,11H2,1-4H3,(H,21,22). The van der Waals surface area contributed by atoms with E-state index in [1.807, 2.05) is 27.7 Å². The maximum Gasteiger partial charge on any atom is 0.494 e. The molecular formula is C18H25BFNO3. The highest BCUT2D eigenvalue weighted by molar-refractivity contribution is 6.62. The lowest BCUT2D eigenvalue weighted by Gasteiger charge is -2.32. The molecule has 4 nitrogen and oxygen atoms in total. The highest BCUT2D eigenvalue weighted by Gasteiger charge is 2.51. The smallest absolute Gasteiger partial charge is 0.399 e. The fourth-order valence-electron chi connectivity index (χ4n) is 2.83. The third kappa shape index (κ3) is 3.22. The molecular weight excluding hydrogens is 308 g/mol. The Morgan fingerprint density at radius 2 is 1.88 bits per heavy atom. The van der Waals surface area contributed by atoms with E-state index in [9.17, 15) is 9.18 Å². The number of carbonyl (C=O) groups excluding carboxylic acids is 1. The van der Waals surface area contributed by atoms with Crippen LogP contribution in [-0.2, 0) is 20.6 Å². The van der Waals surface area contributed by atoms with Gasteiger partial charge in [-0.1, -0.05) is 18.6 Å². The summed E-state index contributed by atoms with van der Waals surface area (Å²) < 4.78 is 26.3. The molecule has 2 aliphatic rings. The van der Waals surface area contributed by atoms with Crippen LogP contribution in [0.2, 0.25) is 0 Å². The Morgan fingerprint density at radius 3 is 2.38 bits per heavy atom. The van der Waals surface area contributed by atoms with Gasteiger partial charge in [-0.05, 0) is 52.1 Å². The maximum atomic E-state index is 14.4. The van der Waals surface area contributed by atoms with Gasteiger partial charge in [0, 0.05) is 18.0 Å². The first-order valence-electron chi connectivity index (χ1n) is 8.61. The highest BCUT2D eigenvalue weighted by atomic mass is 19.1. The molecule has 0 spiro atoms. The first kappa shape index (κ1) is 17.4. The molecule has 24 heavy (non-hydrogen) atoms. The molecule has 1 heterocycles. The van der Waals surface area contributed by atoms with Crippen LogP contribution in [0.15, 0.2) is 18.2 Å². The minimum absolute atomic E-state index is 0.0238. The van der Waals surface area contributed by atoms with Gasteiger partial charge >= 0.3 is 7.12 Å². The molecule has 1 aromatic rings. The summed E-state index contributed by atoms with van der Waals surface area (Å²) in [5, 5.41) is 2.82. The summed E-state index contributed by atoms with van der Waals surface area (Å²) in [5.41, 5.74) is 0.218. The Balaban J connectivity index is 1.66. The number of benzene rings is 1. The molecule has 1 saturated carbocycles. The SMILES string of the molecule is CC1(C)OB(c2ccc(CNC(=O)C3CCC3)c(F)c2)OC1(C)C. The van der Waals surface area contributed by atoms with E-state index in [1.165, 1.54) is 6.07 Å². The van der Waals surface area contributed by atoms with Crippen LogP contribution in [-0.4, -0.2) is 24.2 Å². The minimum atomic E-state index is -0.580. The van der Waals surface area contributed by atoms with Crippen LogP contribution in [0.4, 0.5) is 4.39 Å². The molecule has 0 atom stereocenters. The molecule has 3 rings (SSSR count). The third-order valence-corrected chi connectivity index (χ3v) is 5.53. The molecule has 0 bridgehead atoms. The van der Waals surface area contributed by atoms with E-state index in [-0.39, 0.29) is 24.2 Å². The van der Waals surface area contributed by atoms with Gasteiger partial charge in [0.2, 0.25) is 5.91 Å². The normalized spacial score (nSPS) is 22.3. The minimum Gasteiger partial charge on any atom is -0.399 e. The summed E-state index contributed by atoms with van der Waals surface area (Å²) in [5.74, 6) is -0.219. The van der Waals surface area contributed by atoms with Gasteiger partial charge in [-0.25, -0.2) is 4.39 Å². The van der Waals surface area contributed by atoms with Gasteiger partial charge in [-0.3, -0.25) is 4.79 Å². The van der Waals surface area contributed by atoms with Crippen LogP contribution in [0.3, 0.4) is 0 Å². The van der Waals surface area contributed by atoms with Crippen molar-refractivity contribution in [3.63, 3.8) is 0 Å². The summed E-state index contributed by atoms with van der Waals surface area (Å²) in [6, 6.07) is 4.93. The van der Waals surface area contributed by atoms with Crippen molar-refractivity contribution in [3.05, 3.63) is 29.6 Å². The Labute approximate surface area is 143 Å². The fourth-order valence-corrected chi connectivity index (χ4v) is 2.83. The van der Waals surface area contributed by atoms with Crippen molar-refractivity contribution in [1.82, 2.24) is 5.32 Å². The zero-order valence-electron chi connectivity index (χ0n) is 14.8. The number of hydrogen-bond donors (Lipinski definition) is 1. The number of halogens is 1. The molecule has 1 N–H and O–H groups in total. The molecule has 0 radical (unpaired) electrons. The van der Waals surface area contributed by atoms with Gasteiger partial charge in [-0.15, -0.1) is 0 Å². The number of amides is 1. The monoisotopic (exact) mass is 333 g/mol. The van der Waals surface area contributed by atoms with Gasteiger partial charge < -0.3 is 14.6 Å². The molecule has 6 heteroatoms. The molecule has 0 aromatic heterocycles. The molecule has 130 valence electrons. The predicted molar refractivity (Wildman–Crippen MR) is 91.3 cm³/mol. The molecule has 1 aliphatic carbocycles. The zero-order valence-corrected chi connectivity index (χ0v) is 14.8. The molecule has 2 fully saturated rings. The van der Waals surface area contributed by atoms with Gasteiger partial charge in [0.25, 0.3) is 0 Å². The summed E-state index contributed by atoms with van der Waals surface area (Å²) in [7, 11) is -0.580. The van der Waals surface area contributed by atoms with Crippen LogP contribution in [0.25, 0.3) is 0 Å². The number of nitrogens with one attached hydrogen (secondary N) is 1. The van der Waals surface area contributed by atoms with E-state index < -0.39 is 18.3 Å². The van der Waals surface area contributed by atoms with Crippen molar-refractivity contribution >= 4 is 18.5 Å². The lowest BCUT2D eigenvalue weighted by Crippen LogP contribution is -2.41. The Hall–Kier alpha value is -1.40. The van der Waals surface area contributed by atoms with E-state index in [2.05, 4.69) is 5.32 Å². The molecule has 1 amide bonds. The number of carbonyl (C=O) groups is 1. The Kier molecular flexibility index (Phi) is 4.47. The second-order valence-electron chi connectivity index (χ2n) is 7.78. The second-order valence-corrected chi connectivity index (χ2v) is 7.78. The average molecular weight is 333 g/mol. The summed E-state index contributed by atoms with van der Waals surface area (Å²) in [6.07, 6.45) is 2.99. The number of hydrogen-bond acceptors (Lipinski definition) is 3. The van der Waals surface area contributed by atoms with E-state index in [1.54, 1.807) is 12.1 Å². The number of rotatable bonds is 4. The second kappa shape index (κ2) is 6.15. The molecule has 0 unspecified atom stereocenters. The van der Waals surface area contributed by atoms with E-state index in [4.69, 9.17) is 9.31 Å². The van der Waals surface area contributed by atoms with E-state index >= 15 is 0 Å². The predicted octanol–water partition coefficient (Wildman–Crippen LogP) is 2.54. The molecule has 1 aromatic carbocycles. The molecule has 1 aliphatic heterocycles. The van der Waals surface area contributed by atoms with Crippen molar-refractivity contribution in [2.45, 2.75) is 64.7 Å². The third-order valence-electron chi connectivity index (χ3n) is 5.53. The highest BCUT2D eigenvalue weighted by Crippen LogP contribution is 2.36. The summed E-state index contributed by atoms with van der Waals surface area (Å²) in [4.78, 5) is 11.9. The first-order chi connectivity index (χ1) is 11.2.